The maximum Gasteiger partial charge on any atom is 0.416 e. The molecule has 0 bridgehead atoms. The first-order valence-electron chi connectivity index (χ1n) is 11.1. The minimum Gasteiger partial charge on any atom is -0.496 e. The van der Waals surface area contributed by atoms with E-state index in [0.29, 0.717) is 37.6 Å². The highest BCUT2D eigenvalue weighted by Crippen LogP contribution is 2.35. The smallest absolute Gasteiger partial charge is 0.416 e. The molecule has 2 heterocycles. The Morgan fingerprint density at radius 2 is 1.79 bits per heavy atom. The Kier molecular flexibility index (Phi) is 6.34. The first kappa shape index (κ1) is 23.7. The van der Waals surface area contributed by atoms with E-state index in [2.05, 4.69) is 0 Å². The summed E-state index contributed by atoms with van der Waals surface area (Å²) in [4.78, 5) is 16.6. The fraction of sp³-hybridized carbons (Fsp3) is 0.346. The Morgan fingerprint density at radius 3 is 2.44 bits per heavy atom. The number of carbonyl (C=O) groups is 1. The Morgan fingerprint density at radius 1 is 1.09 bits per heavy atom. The highest BCUT2D eigenvalue weighted by atomic mass is 19.4. The van der Waals surface area contributed by atoms with Gasteiger partial charge in [0.15, 0.2) is 0 Å². The number of allylic oxidation sites excluding steroid dienone is 1. The minimum atomic E-state index is -4.38. The number of anilines is 1. The quantitative estimate of drug-likeness (QED) is 0.449. The molecule has 0 saturated carbocycles. The molecule has 1 fully saturated rings. The molecule has 0 N–H and O–H groups in total. The predicted octanol–water partition coefficient (Wildman–Crippen LogP) is 5.83. The van der Waals surface area contributed by atoms with Crippen LogP contribution >= 0.6 is 0 Å². The van der Waals surface area contributed by atoms with Crippen molar-refractivity contribution in [1.82, 2.24) is 4.90 Å². The average molecular weight is 473 g/mol. The summed E-state index contributed by atoms with van der Waals surface area (Å²) in [5.74, 6) is 1.33. The van der Waals surface area contributed by atoms with Crippen molar-refractivity contribution in [3.63, 3.8) is 0 Å². The highest BCUT2D eigenvalue weighted by molar-refractivity contribution is 5.97. The fourth-order valence-corrected chi connectivity index (χ4v) is 4.27. The molecule has 180 valence electrons. The second kappa shape index (κ2) is 9.08. The second-order valence-electron chi connectivity index (χ2n) is 8.52. The van der Waals surface area contributed by atoms with E-state index in [9.17, 15) is 18.0 Å². The molecule has 1 aliphatic heterocycles. The molecule has 34 heavy (non-hydrogen) atoms. The van der Waals surface area contributed by atoms with Gasteiger partial charge in [-0.05, 0) is 56.2 Å². The normalized spacial score (nSPS) is 15.2. The maximum atomic E-state index is 13.0. The van der Waals surface area contributed by atoms with Gasteiger partial charge in [0.1, 0.15) is 17.1 Å². The Bertz CT molecular complexity index is 1250. The molecule has 4 rings (SSSR count). The van der Waals surface area contributed by atoms with E-state index in [4.69, 9.17) is 9.15 Å². The average Bonchev–Trinajstić information content (AvgIpc) is 3.10. The number of furan rings is 1. The number of carbonyl (C=O) groups excluding carboxylic acids is 1. The molecular formula is C26H27F3N2O3. The van der Waals surface area contributed by atoms with Gasteiger partial charge in [0.2, 0.25) is 5.91 Å². The number of nitrogens with zero attached hydrogens (tertiary/aromatic N) is 2. The van der Waals surface area contributed by atoms with Gasteiger partial charge in [0.25, 0.3) is 0 Å². The molecule has 1 aliphatic rings. The van der Waals surface area contributed by atoms with E-state index >= 15 is 0 Å². The standard InChI is InChI=1S/C26H27F3N2O3/c1-16(21-14-22-17(2)18(3)34-24(22)15-23(21)33-4)12-25(32)31-10-8-30(9-11-31)20-7-5-6-19(13-20)26(27,28)29/h5-7,12-15H,8-11H2,1-4H3/b16-12+. The van der Waals surface area contributed by atoms with Gasteiger partial charge in [0, 0.05) is 55.0 Å². The van der Waals surface area contributed by atoms with Crippen LogP contribution in [0.5, 0.6) is 5.75 Å². The predicted molar refractivity (Wildman–Crippen MR) is 126 cm³/mol. The molecule has 5 nitrogen and oxygen atoms in total. The van der Waals surface area contributed by atoms with Crippen LogP contribution in [-0.2, 0) is 11.0 Å². The molecule has 0 aliphatic carbocycles. The zero-order valence-corrected chi connectivity index (χ0v) is 19.6. The maximum absolute atomic E-state index is 13.0. The molecule has 2 aromatic carbocycles. The van der Waals surface area contributed by atoms with Gasteiger partial charge in [-0.1, -0.05) is 6.07 Å². The van der Waals surface area contributed by atoms with E-state index in [0.717, 1.165) is 45.6 Å². The molecule has 1 saturated heterocycles. The second-order valence-corrected chi connectivity index (χ2v) is 8.52. The topological polar surface area (TPSA) is 45.9 Å². The van der Waals surface area contributed by atoms with Crippen molar-refractivity contribution in [1.29, 1.82) is 0 Å². The van der Waals surface area contributed by atoms with Crippen molar-refractivity contribution in [2.45, 2.75) is 26.9 Å². The molecule has 1 aromatic heterocycles. The van der Waals surface area contributed by atoms with E-state index in [1.54, 1.807) is 24.2 Å². The van der Waals surface area contributed by atoms with Crippen LogP contribution < -0.4 is 9.64 Å². The third-order valence-corrected chi connectivity index (χ3v) is 6.39. The zero-order chi connectivity index (χ0) is 24.6. The van der Waals surface area contributed by atoms with Gasteiger partial charge in [-0.3, -0.25) is 4.79 Å². The van der Waals surface area contributed by atoms with Crippen LogP contribution in [0.15, 0.2) is 46.9 Å². The number of piperazine rings is 1. The van der Waals surface area contributed by atoms with Gasteiger partial charge >= 0.3 is 6.18 Å². The van der Waals surface area contributed by atoms with Crippen molar-refractivity contribution in [3.05, 3.63) is 64.9 Å². The number of methoxy groups -OCH3 is 1. The summed E-state index contributed by atoms with van der Waals surface area (Å²) in [6, 6.07) is 9.11. The summed E-state index contributed by atoms with van der Waals surface area (Å²) in [5, 5.41) is 0.975. The lowest BCUT2D eigenvalue weighted by atomic mass is 10.0. The summed E-state index contributed by atoms with van der Waals surface area (Å²) < 4.78 is 50.4. The van der Waals surface area contributed by atoms with E-state index in [1.165, 1.54) is 6.07 Å². The molecule has 0 spiro atoms. The van der Waals surface area contributed by atoms with Gasteiger partial charge in [-0.15, -0.1) is 0 Å². The number of benzene rings is 2. The number of ether oxygens (including phenoxy) is 1. The molecule has 3 aromatic rings. The number of aryl methyl sites for hydroxylation is 2. The van der Waals surface area contributed by atoms with E-state index in [-0.39, 0.29) is 5.91 Å². The Labute approximate surface area is 196 Å². The largest absolute Gasteiger partial charge is 0.496 e. The fourth-order valence-electron chi connectivity index (χ4n) is 4.27. The van der Waals surface area contributed by atoms with Gasteiger partial charge in [-0.2, -0.15) is 13.2 Å². The number of amides is 1. The first-order chi connectivity index (χ1) is 16.1. The highest BCUT2D eigenvalue weighted by Gasteiger charge is 2.31. The van der Waals surface area contributed by atoms with Crippen molar-refractivity contribution < 1.29 is 27.1 Å². The molecule has 0 atom stereocenters. The number of rotatable bonds is 4. The van der Waals surface area contributed by atoms with Crippen molar-refractivity contribution in [2.24, 2.45) is 0 Å². The Balaban J connectivity index is 1.49. The lowest BCUT2D eigenvalue weighted by Crippen LogP contribution is -2.48. The monoisotopic (exact) mass is 472 g/mol. The molecule has 0 unspecified atom stereocenters. The molecule has 8 heteroatoms. The van der Waals surface area contributed by atoms with Crippen LogP contribution in [0.2, 0.25) is 0 Å². The van der Waals surface area contributed by atoms with E-state index in [1.807, 2.05) is 37.8 Å². The van der Waals surface area contributed by atoms with Gasteiger partial charge < -0.3 is 19.0 Å². The minimum absolute atomic E-state index is 0.136. The summed E-state index contributed by atoms with van der Waals surface area (Å²) in [7, 11) is 1.58. The summed E-state index contributed by atoms with van der Waals surface area (Å²) in [6.07, 6.45) is -2.79. The molecular weight excluding hydrogens is 445 g/mol. The SMILES string of the molecule is COc1cc2oc(C)c(C)c2cc1/C(C)=C/C(=O)N1CCN(c2cccc(C(F)(F)F)c2)CC1. The van der Waals surface area contributed by atoms with Crippen LogP contribution in [0.3, 0.4) is 0 Å². The lowest BCUT2D eigenvalue weighted by molar-refractivity contribution is -0.137. The van der Waals surface area contributed by atoms with Crippen molar-refractivity contribution >= 4 is 28.1 Å². The van der Waals surface area contributed by atoms with Crippen LogP contribution in [0.25, 0.3) is 16.5 Å². The molecule has 0 radical (unpaired) electrons. The van der Waals surface area contributed by atoms with Crippen LogP contribution in [0, 0.1) is 13.8 Å². The zero-order valence-electron chi connectivity index (χ0n) is 19.6. The first-order valence-corrected chi connectivity index (χ1v) is 11.1. The third kappa shape index (κ3) is 4.62. The van der Waals surface area contributed by atoms with Crippen LogP contribution in [-0.4, -0.2) is 44.1 Å². The van der Waals surface area contributed by atoms with Crippen LogP contribution in [0.1, 0.15) is 29.4 Å². The number of halogens is 3. The summed E-state index contributed by atoms with van der Waals surface area (Å²) >= 11 is 0. The third-order valence-electron chi connectivity index (χ3n) is 6.39. The number of hydrogen-bond donors (Lipinski definition) is 0. The van der Waals surface area contributed by atoms with Crippen LogP contribution in [0.4, 0.5) is 18.9 Å². The van der Waals surface area contributed by atoms with Crippen molar-refractivity contribution in [2.75, 3.05) is 38.2 Å². The lowest BCUT2D eigenvalue weighted by Gasteiger charge is -2.36. The Hall–Kier alpha value is -3.42. The number of hydrogen-bond acceptors (Lipinski definition) is 4. The summed E-state index contributed by atoms with van der Waals surface area (Å²) in [6.45, 7) is 7.54. The van der Waals surface area contributed by atoms with Gasteiger partial charge in [-0.25, -0.2) is 0 Å². The number of fused-ring (bicyclic) bond motifs is 1. The number of alkyl halides is 3. The summed E-state index contributed by atoms with van der Waals surface area (Å²) in [5.41, 5.74) is 3.20. The van der Waals surface area contributed by atoms with Crippen molar-refractivity contribution in [3.8, 4) is 5.75 Å². The van der Waals surface area contributed by atoms with Gasteiger partial charge in [0.05, 0.1) is 12.7 Å². The van der Waals surface area contributed by atoms with E-state index < -0.39 is 11.7 Å². The molecule has 1 amide bonds.